The smallest absolute Gasteiger partial charge is 0.307 e. The van der Waals surface area contributed by atoms with Gasteiger partial charge in [-0.3, -0.25) is 9.78 Å². The van der Waals surface area contributed by atoms with E-state index >= 15 is 0 Å². The molecule has 1 atom stereocenters. The number of hydrogen-bond donors (Lipinski definition) is 1. The van der Waals surface area contributed by atoms with Crippen LogP contribution in [0.5, 0.6) is 0 Å². The van der Waals surface area contributed by atoms with E-state index in [2.05, 4.69) is 20.3 Å². The fraction of sp³-hybridized carbons (Fsp3) is 0.444. The fourth-order valence-corrected chi connectivity index (χ4v) is 2.92. The van der Waals surface area contributed by atoms with Crippen LogP contribution in [0, 0.1) is 0 Å². The summed E-state index contributed by atoms with van der Waals surface area (Å²) in [5, 5.41) is 3.36. The number of esters is 1. The highest BCUT2D eigenvalue weighted by Gasteiger charge is 2.22. The molecule has 0 radical (unpaired) electrons. The van der Waals surface area contributed by atoms with E-state index < -0.39 is 0 Å². The topological polar surface area (TPSA) is 77.0 Å². The third-order valence-electron chi connectivity index (χ3n) is 3.99. The zero-order chi connectivity index (χ0) is 16.9. The highest BCUT2D eigenvalue weighted by molar-refractivity contribution is 5.70. The number of carbonyl (C=O) groups excluding carboxylic acids is 1. The Bertz CT molecular complexity index is 718. The van der Waals surface area contributed by atoms with Gasteiger partial charge in [-0.1, -0.05) is 6.07 Å². The van der Waals surface area contributed by atoms with Gasteiger partial charge in [0.2, 0.25) is 0 Å². The molecule has 126 valence electrons. The van der Waals surface area contributed by atoms with Crippen molar-refractivity contribution >= 4 is 11.8 Å². The Labute approximate surface area is 141 Å². The second-order valence-corrected chi connectivity index (χ2v) is 5.94. The van der Waals surface area contributed by atoms with Crippen LogP contribution in [0.15, 0.2) is 24.4 Å². The Balaban J connectivity index is 1.84. The Hall–Kier alpha value is -2.50. The molecule has 0 aromatic carbocycles. The molecule has 1 unspecified atom stereocenters. The van der Waals surface area contributed by atoms with Gasteiger partial charge in [0.05, 0.1) is 13.0 Å². The van der Waals surface area contributed by atoms with Crippen molar-refractivity contribution in [1.82, 2.24) is 15.0 Å². The molecule has 0 spiro atoms. The molecule has 0 bridgehead atoms. The summed E-state index contributed by atoms with van der Waals surface area (Å²) in [5.41, 5.74) is 3.00. The van der Waals surface area contributed by atoms with Gasteiger partial charge in [0.25, 0.3) is 0 Å². The number of pyridine rings is 1. The summed E-state index contributed by atoms with van der Waals surface area (Å²) in [6, 6.07) is 5.65. The highest BCUT2D eigenvalue weighted by atomic mass is 16.5. The molecule has 0 saturated heterocycles. The number of aromatic nitrogens is 3. The molecule has 6 nitrogen and oxygen atoms in total. The van der Waals surface area contributed by atoms with E-state index in [0.29, 0.717) is 18.9 Å². The van der Waals surface area contributed by atoms with Crippen LogP contribution in [0.3, 0.4) is 0 Å². The lowest BCUT2D eigenvalue weighted by atomic mass is 10.2. The number of fused-ring (bicyclic) bond motifs is 1. The lowest BCUT2D eigenvalue weighted by molar-refractivity contribution is -0.143. The maximum atomic E-state index is 11.7. The van der Waals surface area contributed by atoms with Crippen molar-refractivity contribution in [2.75, 3.05) is 11.9 Å². The second-order valence-electron chi connectivity index (χ2n) is 5.94. The lowest BCUT2D eigenvalue weighted by Gasteiger charge is -2.17. The third-order valence-corrected chi connectivity index (χ3v) is 3.99. The van der Waals surface area contributed by atoms with E-state index in [1.165, 1.54) is 0 Å². The second kappa shape index (κ2) is 7.38. The summed E-state index contributed by atoms with van der Waals surface area (Å²) in [6.07, 6.45) is 5.05. The normalized spacial score (nSPS) is 14.1. The van der Waals surface area contributed by atoms with Gasteiger partial charge in [-0.05, 0) is 45.2 Å². The number of aryl methyl sites for hydroxylation is 1. The first-order valence-electron chi connectivity index (χ1n) is 8.40. The zero-order valence-electron chi connectivity index (χ0n) is 14.1. The molecule has 2 aromatic rings. The third kappa shape index (κ3) is 3.69. The molecule has 24 heavy (non-hydrogen) atoms. The molecule has 1 N–H and O–H groups in total. The highest BCUT2D eigenvalue weighted by Crippen LogP contribution is 2.29. The molecule has 0 fully saturated rings. The average molecular weight is 326 g/mol. The summed E-state index contributed by atoms with van der Waals surface area (Å²) in [5.74, 6) is 1.24. The number of hydrogen-bond acceptors (Lipinski definition) is 6. The first-order valence-corrected chi connectivity index (χ1v) is 8.40. The van der Waals surface area contributed by atoms with E-state index in [4.69, 9.17) is 4.74 Å². The van der Waals surface area contributed by atoms with Crippen LogP contribution in [-0.4, -0.2) is 33.6 Å². The molecule has 1 aliphatic rings. The summed E-state index contributed by atoms with van der Waals surface area (Å²) >= 11 is 0. The zero-order valence-corrected chi connectivity index (χ0v) is 14.1. The first-order chi connectivity index (χ1) is 11.7. The number of rotatable bonds is 6. The molecule has 0 aliphatic heterocycles. The maximum absolute atomic E-state index is 11.7. The summed E-state index contributed by atoms with van der Waals surface area (Å²) in [7, 11) is 0. The van der Waals surface area contributed by atoms with E-state index in [1.807, 2.05) is 32.0 Å². The van der Waals surface area contributed by atoms with Crippen molar-refractivity contribution in [3.8, 4) is 11.5 Å². The van der Waals surface area contributed by atoms with Crippen LogP contribution >= 0.6 is 0 Å². The van der Waals surface area contributed by atoms with Crippen LogP contribution in [0.4, 0.5) is 5.82 Å². The van der Waals surface area contributed by atoms with E-state index in [0.717, 1.165) is 42.0 Å². The average Bonchev–Trinajstić information content (AvgIpc) is 3.04. The molecule has 2 heterocycles. The van der Waals surface area contributed by atoms with Gasteiger partial charge in [-0.2, -0.15) is 0 Å². The van der Waals surface area contributed by atoms with Crippen LogP contribution in [0.2, 0.25) is 0 Å². The predicted molar refractivity (Wildman–Crippen MR) is 91.6 cm³/mol. The Kier molecular flexibility index (Phi) is 5.03. The number of carbonyl (C=O) groups is 1. The monoisotopic (exact) mass is 326 g/mol. The lowest BCUT2D eigenvalue weighted by Crippen LogP contribution is -2.22. The summed E-state index contributed by atoms with van der Waals surface area (Å²) in [4.78, 5) is 25.3. The van der Waals surface area contributed by atoms with Crippen molar-refractivity contribution in [1.29, 1.82) is 0 Å². The number of anilines is 1. The number of nitrogens with zero attached hydrogens (tertiary/aromatic N) is 3. The van der Waals surface area contributed by atoms with Gasteiger partial charge in [-0.25, -0.2) is 9.97 Å². The van der Waals surface area contributed by atoms with E-state index in [-0.39, 0.29) is 12.0 Å². The molecular weight excluding hydrogens is 304 g/mol. The standard InChI is InChI=1S/C18H22N4O2/c1-3-24-16(23)11-12(2)20-17-13-7-6-9-14(13)21-18(22-17)15-8-4-5-10-19-15/h4-5,8,10,12H,3,6-7,9,11H2,1-2H3,(H,20,21,22). The minimum atomic E-state index is -0.201. The Morgan fingerprint density at radius 2 is 2.21 bits per heavy atom. The van der Waals surface area contributed by atoms with Crippen LogP contribution in [0.25, 0.3) is 11.5 Å². The van der Waals surface area contributed by atoms with Crippen LogP contribution in [-0.2, 0) is 22.4 Å². The van der Waals surface area contributed by atoms with Crippen molar-refractivity contribution in [3.63, 3.8) is 0 Å². The van der Waals surface area contributed by atoms with Crippen LogP contribution in [0.1, 0.15) is 37.9 Å². The van der Waals surface area contributed by atoms with E-state index in [1.54, 1.807) is 6.20 Å². The van der Waals surface area contributed by atoms with Gasteiger partial charge < -0.3 is 10.1 Å². The van der Waals surface area contributed by atoms with Gasteiger partial charge >= 0.3 is 5.97 Å². The number of nitrogens with one attached hydrogen (secondary N) is 1. The molecule has 3 rings (SSSR count). The van der Waals surface area contributed by atoms with Crippen molar-refractivity contribution in [2.24, 2.45) is 0 Å². The molecule has 1 aliphatic carbocycles. The SMILES string of the molecule is CCOC(=O)CC(C)Nc1nc(-c2ccccn2)nc2c1CCC2. The van der Waals surface area contributed by atoms with Crippen molar-refractivity contribution in [3.05, 3.63) is 35.7 Å². The van der Waals surface area contributed by atoms with Gasteiger partial charge in [0.1, 0.15) is 11.5 Å². The van der Waals surface area contributed by atoms with Crippen molar-refractivity contribution in [2.45, 2.75) is 45.6 Å². The fourth-order valence-electron chi connectivity index (χ4n) is 2.92. The molecular formula is C18H22N4O2. The van der Waals surface area contributed by atoms with Crippen molar-refractivity contribution < 1.29 is 9.53 Å². The quantitative estimate of drug-likeness (QED) is 0.823. The summed E-state index contributed by atoms with van der Waals surface area (Å²) < 4.78 is 5.01. The van der Waals surface area contributed by atoms with Gasteiger partial charge in [0, 0.05) is 23.5 Å². The molecule has 0 amide bonds. The maximum Gasteiger partial charge on any atom is 0.307 e. The van der Waals surface area contributed by atoms with Gasteiger partial charge in [-0.15, -0.1) is 0 Å². The summed E-state index contributed by atoms with van der Waals surface area (Å²) in [6.45, 7) is 4.17. The molecule has 6 heteroatoms. The predicted octanol–water partition coefficient (Wildman–Crippen LogP) is 2.78. The first kappa shape index (κ1) is 16.4. The largest absolute Gasteiger partial charge is 0.466 e. The Morgan fingerprint density at radius 3 is 2.96 bits per heavy atom. The number of ether oxygens (including phenoxy) is 1. The molecule has 2 aromatic heterocycles. The van der Waals surface area contributed by atoms with Gasteiger partial charge in [0.15, 0.2) is 5.82 Å². The van der Waals surface area contributed by atoms with E-state index in [9.17, 15) is 4.79 Å². The Morgan fingerprint density at radius 1 is 1.33 bits per heavy atom. The van der Waals surface area contributed by atoms with Crippen LogP contribution < -0.4 is 5.32 Å². The minimum Gasteiger partial charge on any atom is -0.466 e. The molecule has 0 saturated carbocycles. The minimum absolute atomic E-state index is 0.0553.